The number of hydrogen-bond donors (Lipinski definition) is 0. The maximum absolute atomic E-state index is 9.76. The third-order valence-corrected chi connectivity index (χ3v) is 9.90. The highest BCUT2D eigenvalue weighted by molar-refractivity contribution is 8.15. The van der Waals surface area contributed by atoms with E-state index in [-0.39, 0.29) is 12.1 Å². The van der Waals surface area contributed by atoms with E-state index < -0.39 is 0 Å². The van der Waals surface area contributed by atoms with E-state index in [0.717, 1.165) is 21.9 Å². The van der Waals surface area contributed by atoms with Crippen molar-refractivity contribution in [2.45, 2.75) is 17.0 Å². The van der Waals surface area contributed by atoms with Gasteiger partial charge in [-0.15, -0.1) is 0 Å². The molecule has 2 heterocycles. The van der Waals surface area contributed by atoms with Crippen LogP contribution >= 0.6 is 11.8 Å². The van der Waals surface area contributed by atoms with Crippen molar-refractivity contribution in [3.8, 4) is 61.7 Å². The molecule has 5 aromatic rings. The van der Waals surface area contributed by atoms with E-state index in [1.165, 1.54) is 49.5 Å². The average molecular weight is 554 g/mol. The van der Waals surface area contributed by atoms with E-state index >= 15 is 0 Å². The van der Waals surface area contributed by atoms with Gasteiger partial charge in [-0.05, 0) is 91.7 Å². The van der Waals surface area contributed by atoms with E-state index in [2.05, 4.69) is 126 Å². The van der Waals surface area contributed by atoms with Crippen LogP contribution in [0.25, 0.3) is 55.6 Å². The van der Waals surface area contributed by atoms with Crippen LogP contribution in [0.4, 0.5) is 5.69 Å². The Morgan fingerprint density at radius 2 is 1.24 bits per heavy atom. The molecule has 0 fully saturated rings. The second-order valence-corrected chi connectivity index (χ2v) is 12.0. The third-order valence-electron chi connectivity index (χ3n) is 8.78. The lowest BCUT2D eigenvalue weighted by Crippen LogP contribution is -2.35. The Kier molecular flexibility index (Phi) is 5.02. The van der Waals surface area contributed by atoms with E-state index in [1.807, 2.05) is 12.1 Å². The van der Waals surface area contributed by atoms with Crippen molar-refractivity contribution in [2.75, 3.05) is 4.90 Å². The molecule has 4 aliphatic rings. The molecule has 9 rings (SSSR count). The molecule has 196 valence electrons. The number of benzene rings is 5. The molecule has 2 atom stereocenters. The summed E-state index contributed by atoms with van der Waals surface area (Å²) in [5, 5.41) is 10.8. The van der Waals surface area contributed by atoms with Gasteiger partial charge in [0, 0.05) is 4.90 Å². The minimum absolute atomic E-state index is 0.187. The fourth-order valence-corrected chi connectivity index (χ4v) is 8.13. The first-order valence-electron chi connectivity index (χ1n) is 14.2. The summed E-state index contributed by atoms with van der Waals surface area (Å²) in [6, 6.07) is 39.6. The molecule has 0 spiro atoms. The first-order chi connectivity index (χ1) is 20.8. The van der Waals surface area contributed by atoms with Crippen LogP contribution in [0.15, 0.2) is 137 Å². The van der Waals surface area contributed by atoms with Gasteiger partial charge < -0.3 is 4.90 Å². The molecule has 0 aromatic heterocycles. The van der Waals surface area contributed by atoms with Gasteiger partial charge in [-0.1, -0.05) is 103 Å². The van der Waals surface area contributed by atoms with Crippen molar-refractivity contribution in [2.24, 2.45) is 4.99 Å². The molecule has 0 saturated carbocycles. The lowest BCUT2D eigenvalue weighted by atomic mass is 9.80. The maximum Gasteiger partial charge on any atom is 0.170 e. The molecule has 0 bridgehead atoms. The Morgan fingerprint density at radius 3 is 1.98 bits per heavy atom. The number of anilines is 1. The molecular formula is C38H23N3S. The second-order valence-electron chi connectivity index (χ2n) is 11.0. The van der Waals surface area contributed by atoms with E-state index in [0.29, 0.717) is 5.56 Å². The predicted molar refractivity (Wildman–Crippen MR) is 174 cm³/mol. The van der Waals surface area contributed by atoms with Gasteiger partial charge in [-0.3, -0.25) is 4.99 Å². The lowest BCUT2D eigenvalue weighted by Gasteiger charge is -2.25. The van der Waals surface area contributed by atoms with Crippen LogP contribution in [0, 0.1) is 11.3 Å². The first kappa shape index (κ1) is 23.6. The Bertz CT molecular complexity index is 2110. The van der Waals surface area contributed by atoms with Crippen LogP contribution in [0.3, 0.4) is 0 Å². The van der Waals surface area contributed by atoms with Crippen molar-refractivity contribution in [3.05, 3.63) is 133 Å². The third kappa shape index (κ3) is 3.32. The highest BCUT2D eigenvalue weighted by Gasteiger charge is 2.41. The van der Waals surface area contributed by atoms with Crippen molar-refractivity contribution < 1.29 is 0 Å². The summed E-state index contributed by atoms with van der Waals surface area (Å²) in [6.45, 7) is 0. The number of nitrogens with zero attached hydrogens (tertiary/aromatic N) is 3. The van der Waals surface area contributed by atoms with Gasteiger partial charge in [0.15, 0.2) is 5.17 Å². The van der Waals surface area contributed by atoms with Gasteiger partial charge in [-0.2, -0.15) is 5.26 Å². The van der Waals surface area contributed by atoms with E-state index in [9.17, 15) is 5.26 Å². The van der Waals surface area contributed by atoms with Gasteiger partial charge in [0.1, 0.15) is 0 Å². The molecule has 2 unspecified atom stereocenters. The monoisotopic (exact) mass is 553 g/mol. The molecule has 3 nitrogen and oxygen atoms in total. The quantitative estimate of drug-likeness (QED) is 0.204. The summed E-state index contributed by atoms with van der Waals surface area (Å²) in [7, 11) is 0. The Hall–Kier alpha value is -5.11. The summed E-state index contributed by atoms with van der Waals surface area (Å²) < 4.78 is 0. The van der Waals surface area contributed by atoms with Gasteiger partial charge >= 0.3 is 0 Å². The van der Waals surface area contributed by atoms with E-state index in [1.54, 1.807) is 11.8 Å². The van der Waals surface area contributed by atoms with Gasteiger partial charge in [0.2, 0.25) is 0 Å². The summed E-state index contributed by atoms with van der Waals surface area (Å²) in [6.07, 6.45) is 8.69. The smallest absolute Gasteiger partial charge is 0.170 e. The van der Waals surface area contributed by atoms with Crippen molar-refractivity contribution in [1.82, 2.24) is 0 Å². The zero-order valence-corrected chi connectivity index (χ0v) is 23.3. The fourth-order valence-electron chi connectivity index (χ4n) is 6.89. The van der Waals surface area contributed by atoms with E-state index in [4.69, 9.17) is 4.99 Å². The Morgan fingerprint density at radius 1 is 0.619 bits per heavy atom. The number of rotatable bonds is 1. The van der Waals surface area contributed by atoms with Crippen LogP contribution in [-0.2, 0) is 0 Å². The minimum atomic E-state index is 0.187. The normalized spacial score (nSPS) is 18.3. The van der Waals surface area contributed by atoms with Crippen LogP contribution in [0.5, 0.6) is 0 Å². The zero-order valence-electron chi connectivity index (χ0n) is 22.5. The van der Waals surface area contributed by atoms with Crippen LogP contribution in [0.2, 0.25) is 0 Å². The molecule has 0 radical (unpaired) electrons. The van der Waals surface area contributed by atoms with Crippen LogP contribution < -0.4 is 4.90 Å². The largest absolute Gasteiger partial charge is 0.310 e. The van der Waals surface area contributed by atoms with Crippen molar-refractivity contribution in [1.29, 1.82) is 5.26 Å². The number of nitriles is 1. The first-order valence-corrected chi connectivity index (χ1v) is 15.0. The van der Waals surface area contributed by atoms with Crippen LogP contribution in [0.1, 0.15) is 5.56 Å². The molecule has 0 N–H and O–H groups in total. The number of thioether (sulfide) groups is 1. The number of aliphatic imine (C=N–C) groups is 1. The fraction of sp³-hybridized carbons (Fsp3) is 0.0526. The molecule has 4 heteroatoms. The van der Waals surface area contributed by atoms with Crippen LogP contribution in [-0.4, -0.2) is 17.3 Å². The Labute approximate surface area is 248 Å². The molecule has 5 aromatic carbocycles. The van der Waals surface area contributed by atoms with Gasteiger partial charge in [0.05, 0.1) is 29.4 Å². The SMILES string of the molecule is N#Cc1ccc2c(c1)-c1ccccc1-c1cc(-c3cccc4c3SC3=NC5C=CC=CC5N34)ccc1-c1ccccc1-2. The number of fused-ring (bicyclic) bond motifs is 13. The van der Waals surface area contributed by atoms with Gasteiger partial charge in [-0.25, -0.2) is 0 Å². The zero-order chi connectivity index (χ0) is 27.8. The summed E-state index contributed by atoms with van der Waals surface area (Å²) in [5.74, 6) is 0. The molecule has 0 saturated heterocycles. The van der Waals surface area contributed by atoms with Crippen molar-refractivity contribution >= 4 is 22.6 Å². The summed E-state index contributed by atoms with van der Waals surface area (Å²) in [5.41, 5.74) is 13.7. The highest BCUT2D eigenvalue weighted by Crippen LogP contribution is 2.52. The standard InChI is InChI=1S/C38H23N3S/c39-22-23-16-18-30-26-8-1-2-9-27(26)31-19-17-24(21-33(31)29-11-4-3-10-28(29)32(30)20-23)25-12-7-15-36-37(25)42-38-40-34-13-5-6-14-35(34)41(36)38/h1-21,34-35H. The second kappa shape index (κ2) is 8.94. The highest BCUT2D eigenvalue weighted by atomic mass is 32.2. The summed E-state index contributed by atoms with van der Waals surface area (Å²) >= 11 is 1.79. The summed E-state index contributed by atoms with van der Waals surface area (Å²) in [4.78, 5) is 8.71. The topological polar surface area (TPSA) is 39.4 Å². The Balaban J connectivity index is 1.27. The van der Waals surface area contributed by atoms with Gasteiger partial charge in [0.25, 0.3) is 0 Å². The predicted octanol–water partition coefficient (Wildman–Crippen LogP) is 9.35. The lowest BCUT2D eigenvalue weighted by molar-refractivity contribution is 0.737. The molecule has 2 aliphatic heterocycles. The molecule has 0 amide bonds. The number of amidine groups is 1. The average Bonchev–Trinajstić information content (AvgIpc) is 3.60. The van der Waals surface area contributed by atoms with Crippen molar-refractivity contribution in [3.63, 3.8) is 0 Å². The molecule has 2 aliphatic carbocycles. The minimum Gasteiger partial charge on any atom is -0.310 e. The molecule has 42 heavy (non-hydrogen) atoms. The number of allylic oxidation sites excluding steroid dienone is 2. The number of hydrogen-bond acceptors (Lipinski definition) is 4. The maximum atomic E-state index is 9.76. The molecular weight excluding hydrogens is 531 g/mol.